The topological polar surface area (TPSA) is 71.2 Å². The molecule has 3 rings (SSSR count). The summed E-state index contributed by atoms with van der Waals surface area (Å²) in [7, 11) is 0. The van der Waals surface area contributed by atoms with E-state index in [1.54, 1.807) is 6.20 Å². The van der Waals surface area contributed by atoms with E-state index >= 15 is 0 Å². The van der Waals surface area contributed by atoms with Crippen LogP contribution in [-0.4, -0.2) is 44.1 Å². The van der Waals surface area contributed by atoms with Crippen LogP contribution in [0.5, 0.6) is 0 Å². The average Bonchev–Trinajstić information content (AvgIpc) is 2.94. The minimum absolute atomic E-state index is 0.0373. The predicted octanol–water partition coefficient (Wildman–Crippen LogP) is 0.398. The Morgan fingerprint density at radius 1 is 1.29 bits per heavy atom. The fraction of sp³-hybridized carbons (Fsp3) is 0.400. The Kier molecular flexibility index (Phi) is 3.96. The molecular formula is C15H18N4O2. The standard InChI is InChI=1S/C15H18N4O2/c20-8-6-14-10-19(17-16-14)11-15(21)18-7-5-12-3-1-2-4-13(12)9-18/h1-4,10,20H,5-9,11H2. The van der Waals surface area contributed by atoms with Crippen molar-refractivity contribution < 1.29 is 9.90 Å². The van der Waals surface area contributed by atoms with Gasteiger partial charge in [-0.1, -0.05) is 29.5 Å². The van der Waals surface area contributed by atoms with Gasteiger partial charge in [-0.15, -0.1) is 5.10 Å². The molecule has 6 nitrogen and oxygen atoms in total. The largest absolute Gasteiger partial charge is 0.396 e. The highest BCUT2D eigenvalue weighted by Crippen LogP contribution is 2.18. The molecule has 1 N–H and O–H groups in total. The van der Waals surface area contributed by atoms with E-state index in [1.165, 1.54) is 15.8 Å². The molecule has 1 aromatic carbocycles. The van der Waals surface area contributed by atoms with Crippen molar-refractivity contribution >= 4 is 5.91 Å². The third kappa shape index (κ3) is 3.11. The second-order valence-electron chi connectivity index (χ2n) is 5.22. The van der Waals surface area contributed by atoms with Crippen LogP contribution in [0.4, 0.5) is 0 Å². The molecule has 0 saturated carbocycles. The van der Waals surface area contributed by atoms with Crippen LogP contribution in [0.25, 0.3) is 0 Å². The Bertz CT molecular complexity index is 638. The smallest absolute Gasteiger partial charge is 0.244 e. The zero-order valence-electron chi connectivity index (χ0n) is 11.8. The molecule has 6 heteroatoms. The average molecular weight is 286 g/mol. The number of carbonyl (C=O) groups excluding carboxylic acids is 1. The van der Waals surface area contributed by atoms with Crippen molar-refractivity contribution in [3.8, 4) is 0 Å². The van der Waals surface area contributed by atoms with Gasteiger partial charge in [0.1, 0.15) is 6.54 Å². The number of fused-ring (bicyclic) bond motifs is 1. The molecule has 21 heavy (non-hydrogen) atoms. The second kappa shape index (κ2) is 6.05. The first-order valence-electron chi connectivity index (χ1n) is 7.10. The molecule has 2 heterocycles. The van der Waals surface area contributed by atoms with Gasteiger partial charge in [0.15, 0.2) is 0 Å². The van der Waals surface area contributed by atoms with Crippen molar-refractivity contribution in [2.75, 3.05) is 13.2 Å². The van der Waals surface area contributed by atoms with Gasteiger partial charge in [0.05, 0.1) is 5.69 Å². The first-order chi connectivity index (χ1) is 10.3. The minimum Gasteiger partial charge on any atom is -0.396 e. The van der Waals surface area contributed by atoms with Crippen molar-refractivity contribution in [3.05, 3.63) is 47.3 Å². The zero-order valence-corrected chi connectivity index (χ0v) is 11.8. The fourth-order valence-electron chi connectivity index (χ4n) is 2.59. The van der Waals surface area contributed by atoms with E-state index in [1.807, 2.05) is 17.0 Å². The number of aromatic nitrogens is 3. The van der Waals surface area contributed by atoms with E-state index < -0.39 is 0 Å². The third-order valence-corrected chi connectivity index (χ3v) is 3.73. The number of benzene rings is 1. The zero-order chi connectivity index (χ0) is 14.7. The SMILES string of the molecule is O=C(Cn1cc(CCO)nn1)N1CCc2ccccc2C1. The maximum atomic E-state index is 12.3. The molecule has 110 valence electrons. The van der Waals surface area contributed by atoms with Gasteiger partial charge in [-0.2, -0.15) is 0 Å². The van der Waals surface area contributed by atoms with Crippen LogP contribution in [0.1, 0.15) is 16.8 Å². The van der Waals surface area contributed by atoms with Gasteiger partial charge in [-0.25, -0.2) is 4.68 Å². The van der Waals surface area contributed by atoms with Gasteiger partial charge in [0, 0.05) is 32.3 Å². The number of aliphatic hydroxyl groups is 1. The number of rotatable bonds is 4. The Labute approximate surface area is 123 Å². The van der Waals surface area contributed by atoms with Crippen LogP contribution in [0.15, 0.2) is 30.5 Å². The van der Waals surface area contributed by atoms with Gasteiger partial charge in [0.2, 0.25) is 5.91 Å². The number of aliphatic hydroxyl groups excluding tert-OH is 1. The van der Waals surface area contributed by atoms with Crippen LogP contribution in [0.3, 0.4) is 0 Å². The van der Waals surface area contributed by atoms with E-state index in [4.69, 9.17) is 5.11 Å². The third-order valence-electron chi connectivity index (χ3n) is 3.73. The highest BCUT2D eigenvalue weighted by Gasteiger charge is 2.20. The lowest BCUT2D eigenvalue weighted by Gasteiger charge is -2.28. The summed E-state index contributed by atoms with van der Waals surface area (Å²) in [6, 6.07) is 8.24. The molecular weight excluding hydrogens is 268 g/mol. The quantitative estimate of drug-likeness (QED) is 0.883. The molecule has 0 bridgehead atoms. The van der Waals surface area contributed by atoms with Crippen LogP contribution >= 0.6 is 0 Å². The first-order valence-corrected chi connectivity index (χ1v) is 7.10. The maximum Gasteiger partial charge on any atom is 0.244 e. The fourth-order valence-corrected chi connectivity index (χ4v) is 2.59. The summed E-state index contributed by atoms with van der Waals surface area (Å²) >= 11 is 0. The van der Waals surface area contributed by atoms with Gasteiger partial charge in [-0.05, 0) is 17.5 Å². The summed E-state index contributed by atoms with van der Waals surface area (Å²) < 4.78 is 1.54. The van der Waals surface area contributed by atoms with E-state index in [-0.39, 0.29) is 19.1 Å². The Hall–Kier alpha value is -2.21. The van der Waals surface area contributed by atoms with Gasteiger partial charge < -0.3 is 10.0 Å². The van der Waals surface area contributed by atoms with E-state index in [2.05, 4.69) is 22.4 Å². The van der Waals surface area contributed by atoms with Crippen LogP contribution in [-0.2, 0) is 30.7 Å². The van der Waals surface area contributed by atoms with Crippen molar-refractivity contribution in [2.45, 2.75) is 25.9 Å². The number of hydrogen-bond acceptors (Lipinski definition) is 4. The molecule has 1 amide bonds. The highest BCUT2D eigenvalue weighted by atomic mass is 16.3. The normalized spacial score (nSPS) is 14.0. The molecule has 1 aliphatic rings. The molecule has 0 radical (unpaired) electrons. The molecule has 0 saturated heterocycles. The first kappa shape index (κ1) is 13.8. The summed E-state index contributed by atoms with van der Waals surface area (Å²) in [6.45, 7) is 1.64. The highest BCUT2D eigenvalue weighted by molar-refractivity contribution is 5.76. The molecule has 1 aromatic heterocycles. The Morgan fingerprint density at radius 3 is 2.90 bits per heavy atom. The summed E-state index contributed by atoms with van der Waals surface area (Å²) in [5, 5.41) is 16.7. The predicted molar refractivity (Wildman–Crippen MR) is 76.4 cm³/mol. The number of hydrogen-bond donors (Lipinski definition) is 1. The summed E-state index contributed by atoms with van der Waals surface area (Å²) in [6.07, 6.45) is 3.08. The lowest BCUT2D eigenvalue weighted by atomic mass is 10.00. The molecule has 0 unspecified atom stereocenters. The van der Waals surface area contributed by atoms with Crippen molar-refractivity contribution in [1.82, 2.24) is 19.9 Å². The molecule has 0 atom stereocenters. The lowest BCUT2D eigenvalue weighted by Crippen LogP contribution is -2.38. The summed E-state index contributed by atoms with van der Waals surface area (Å²) in [4.78, 5) is 14.2. The van der Waals surface area contributed by atoms with Gasteiger partial charge >= 0.3 is 0 Å². The van der Waals surface area contributed by atoms with E-state index in [9.17, 15) is 4.79 Å². The molecule has 0 aliphatic carbocycles. The molecule has 1 aliphatic heterocycles. The number of nitrogens with zero attached hydrogens (tertiary/aromatic N) is 4. The van der Waals surface area contributed by atoms with Crippen molar-refractivity contribution in [2.24, 2.45) is 0 Å². The van der Waals surface area contributed by atoms with E-state index in [0.717, 1.165) is 13.0 Å². The van der Waals surface area contributed by atoms with Crippen molar-refractivity contribution in [1.29, 1.82) is 0 Å². The Balaban J connectivity index is 1.63. The van der Waals surface area contributed by atoms with Gasteiger partial charge in [-0.3, -0.25) is 4.79 Å². The monoisotopic (exact) mass is 286 g/mol. The molecule has 0 spiro atoms. The summed E-state index contributed by atoms with van der Waals surface area (Å²) in [5.41, 5.74) is 3.25. The summed E-state index contributed by atoms with van der Waals surface area (Å²) in [5.74, 6) is 0.0463. The number of carbonyl (C=O) groups is 1. The van der Waals surface area contributed by atoms with Crippen LogP contribution < -0.4 is 0 Å². The minimum atomic E-state index is 0.0373. The van der Waals surface area contributed by atoms with Gasteiger partial charge in [0.25, 0.3) is 0 Å². The molecule has 2 aromatic rings. The second-order valence-corrected chi connectivity index (χ2v) is 5.22. The van der Waals surface area contributed by atoms with Crippen LogP contribution in [0, 0.1) is 0 Å². The lowest BCUT2D eigenvalue weighted by molar-refractivity contribution is -0.133. The maximum absolute atomic E-state index is 12.3. The van der Waals surface area contributed by atoms with Crippen molar-refractivity contribution in [3.63, 3.8) is 0 Å². The Morgan fingerprint density at radius 2 is 2.10 bits per heavy atom. The molecule has 0 fully saturated rings. The number of amides is 1. The van der Waals surface area contributed by atoms with Crippen LogP contribution in [0.2, 0.25) is 0 Å². The van der Waals surface area contributed by atoms with E-state index in [0.29, 0.717) is 18.7 Å².